The molecule has 4 nitrogen and oxygen atoms in total. The summed E-state index contributed by atoms with van der Waals surface area (Å²) in [6, 6.07) is 13.7. The lowest BCUT2D eigenvalue weighted by Crippen LogP contribution is -2.43. The molecule has 1 saturated heterocycles. The van der Waals surface area contributed by atoms with Gasteiger partial charge >= 0.3 is 0 Å². The van der Waals surface area contributed by atoms with Crippen LogP contribution in [0.25, 0.3) is 10.9 Å². The second-order valence-electron chi connectivity index (χ2n) is 6.66. The molecule has 1 fully saturated rings. The Balaban J connectivity index is 1.64. The van der Waals surface area contributed by atoms with Crippen molar-refractivity contribution in [1.82, 2.24) is 9.97 Å². The number of rotatable bonds is 2. The Hall–Kier alpha value is -2.17. The second-order valence-corrected chi connectivity index (χ2v) is 7.07. The van der Waals surface area contributed by atoms with Crippen LogP contribution in [0.3, 0.4) is 0 Å². The molecular weight excluding hydrogens is 334 g/mol. The Morgan fingerprint density at radius 3 is 2.56 bits per heavy atom. The minimum Gasteiger partial charge on any atom is -0.385 e. The van der Waals surface area contributed by atoms with Crippen molar-refractivity contribution >= 4 is 28.3 Å². The molecule has 3 aromatic rings. The number of fused-ring (bicyclic) bond motifs is 1. The van der Waals surface area contributed by atoms with Crippen LogP contribution >= 0.6 is 11.6 Å². The first-order valence-electron chi connectivity index (χ1n) is 8.51. The van der Waals surface area contributed by atoms with Crippen LogP contribution in [0.2, 0.25) is 5.02 Å². The molecule has 4 rings (SSSR count). The van der Waals surface area contributed by atoms with E-state index in [2.05, 4.69) is 27.9 Å². The van der Waals surface area contributed by atoms with E-state index in [9.17, 15) is 5.11 Å². The maximum Gasteiger partial charge on any atom is 0.140 e. The van der Waals surface area contributed by atoms with Gasteiger partial charge in [0.05, 0.1) is 11.1 Å². The van der Waals surface area contributed by atoms with Crippen molar-refractivity contribution in [2.75, 3.05) is 18.0 Å². The van der Waals surface area contributed by atoms with E-state index in [1.54, 1.807) is 6.33 Å². The predicted molar refractivity (Wildman–Crippen MR) is 101 cm³/mol. The van der Waals surface area contributed by atoms with Crippen molar-refractivity contribution in [3.63, 3.8) is 0 Å². The predicted octanol–water partition coefficient (Wildman–Crippen LogP) is 4.08. The van der Waals surface area contributed by atoms with E-state index >= 15 is 0 Å². The number of anilines is 1. The molecule has 2 heterocycles. The smallest absolute Gasteiger partial charge is 0.140 e. The first-order chi connectivity index (χ1) is 12.1. The molecule has 2 aromatic carbocycles. The van der Waals surface area contributed by atoms with Crippen molar-refractivity contribution in [1.29, 1.82) is 0 Å². The van der Waals surface area contributed by atoms with Crippen molar-refractivity contribution in [3.8, 4) is 0 Å². The van der Waals surface area contributed by atoms with Gasteiger partial charge in [0, 0.05) is 29.1 Å². The fourth-order valence-electron chi connectivity index (χ4n) is 3.70. The monoisotopic (exact) mass is 353 g/mol. The number of halogens is 1. The van der Waals surface area contributed by atoms with E-state index in [-0.39, 0.29) is 0 Å². The number of nitrogens with zero attached hydrogens (tertiary/aromatic N) is 3. The van der Waals surface area contributed by atoms with Gasteiger partial charge in [0.25, 0.3) is 0 Å². The van der Waals surface area contributed by atoms with Gasteiger partial charge in [0.2, 0.25) is 0 Å². The standard InChI is InChI=1S/C20H20ClN3O/c1-14-5-4-8-17-18(14)19(23-13-22-17)24-11-9-20(25,10-12-24)15-6-2-3-7-16(15)21/h2-8,13,25H,9-12H2,1H3. The normalized spacial score (nSPS) is 17.0. The lowest BCUT2D eigenvalue weighted by atomic mass is 9.84. The fraction of sp³-hybridized carbons (Fsp3) is 0.300. The summed E-state index contributed by atoms with van der Waals surface area (Å²) in [7, 11) is 0. The molecule has 128 valence electrons. The number of benzene rings is 2. The maximum absolute atomic E-state index is 11.1. The third-order valence-corrected chi connectivity index (χ3v) is 5.45. The third-order valence-electron chi connectivity index (χ3n) is 5.12. The Labute approximate surface area is 152 Å². The molecule has 0 atom stereocenters. The zero-order valence-corrected chi connectivity index (χ0v) is 14.9. The topological polar surface area (TPSA) is 49.2 Å². The minimum absolute atomic E-state index is 0.619. The van der Waals surface area contributed by atoms with Crippen LogP contribution in [0.4, 0.5) is 5.82 Å². The summed E-state index contributed by atoms with van der Waals surface area (Å²) >= 11 is 6.31. The summed E-state index contributed by atoms with van der Waals surface area (Å²) in [5.41, 5.74) is 2.06. The van der Waals surface area contributed by atoms with Crippen LogP contribution in [0.15, 0.2) is 48.8 Å². The van der Waals surface area contributed by atoms with Gasteiger partial charge in [-0.2, -0.15) is 0 Å². The molecule has 0 amide bonds. The van der Waals surface area contributed by atoms with Gasteiger partial charge in [-0.1, -0.05) is 41.9 Å². The molecule has 5 heteroatoms. The van der Waals surface area contributed by atoms with Crippen molar-refractivity contribution < 1.29 is 5.11 Å². The zero-order chi connectivity index (χ0) is 17.4. The van der Waals surface area contributed by atoms with Gasteiger partial charge in [-0.25, -0.2) is 9.97 Å². The lowest BCUT2D eigenvalue weighted by Gasteiger charge is -2.39. The molecule has 0 saturated carbocycles. The fourth-order valence-corrected chi connectivity index (χ4v) is 4.01. The van der Waals surface area contributed by atoms with Crippen LogP contribution < -0.4 is 4.90 Å². The Morgan fingerprint density at radius 2 is 1.80 bits per heavy atom. The highest BCUT2D eigenvalue weighted by Gasteiger charge is 2.36. The number of aliphatic hydroxyl groups is 1. The van der Waals surface area contributed by atoms with E-state index in [4.69, 9.17) is 11.6 Å². The number of aromatic nitrogens is 2. The summed E-state index contributed by atoms with van der Waals surface area (Å²) in [5, 5.41) is 12.8. The summed E-state index contributed by atoms with van der Waals surface area (Å²) in [4.78, 5) is 11.2. The van der Waals surface area contributed by atoms with Crippen LogP contribution in [0.1, 0.15) is 24.0 Å². The largest absolute Gasteiger partial charge is 0.385 e. The molecule has 1 aliphatic rings. The molecule has 0 radical (unpaired) electrons. The zero-order valence-electron chi connectivity index (χ0n) is 14.1. The van der Waals surface area contributed by atoms with E-state index < -0.39 is 5.60 Å². The number of hydrogen-bond acceptors (Lipinski definition) is 4. The Kier molecular flexibility index (Phi) is 4.10. The van der Waals surface area contributed by atoms with Crippen LogP contribution in [0.5, 0.6) is 0 Å². The van der Waals surface area contributed by atoms with Crippen LogP contribution in [-0.4, -0.2) is 28.2 Å². The van der Waals surface area contributed by atoms with Crippen LogP contribution in [-0.2, 0) is 5.60 Å². The first-order valence-corrected chi connectivity index (χ1v) is 8.89. The van der Waals surface area contributed by atoms with Crippen molar-refractivity contribution in [3.05, 3.63) is 64.9 Å². The molecule has 0 spiro atoms. The van der Waals surface area contributed by atoms with Gasteiger partial charge in [-0.3, -0.25) is 0 Å². The summed E-state index contributed by atoms with van der Waals surface area (Å²) < 4.78 is 0. The van der Waals surface area contributed by atoms with E-state index in [1.165, 1.54) is 5.56 Å². The van der Waals surface area contributed by atoms with Crippen LogP contribution in [0, 0.1) is 6.92 Å². The highest BCUT2D eigenvalue weighted by molar-refractivity contribution is 6.31. The SMILES string of the molecule is Cc1cccc2ncnc(N3CCC(O)(c4ccccc4Cl)CC3)c12. The Bertz CT molecular complexity index is 914. The van der Waals surface area contributed by atoms with E-state index in [0.29, 0.717) is 17.9 Å². The Morgan fingerprint density at radius 1 is 1.04 bits per heavy atom. The molecule has 1 aliphatic heterocycles. The number of hydrogen-bond donors (Lipinski definition) is 1. The molecule has 1 N–H and O–H groups in total. The third kappa shape index (κ3) is 2.86. The summed E-state index contributed by atoms with van der Waals surface area (Å²) in [6.07, 6.45) is 2.86. The highest BCUT2D eigenvalue weighted by Crippen LogP contribution is 2.38. The summed E-state index contributed by atoms with van der Waals surface area (Å²) in [5.74, 6) is 0.948. The van der Waals surface area contributed by atoms with Crippen molar-refractivity contribution in [2.45, 2.75) is 25.4 Å². The van der Waals surface area contributed by atoms with E-state index in [1.807, 2.05) is 36.4 Å². The van der Waals surface area contributed by atoms with Gasteiger partial charge < -0.3 is 10.0 Å². The lowest BCUT2D eigenvalue weighted by molar-refractivity contribution is 0.0118. The second kappa shape index (κ2) is 6.28. The molecular formula is C20H20ClN3O. The quantitative estimate of drug-likeness (QED) is 0.754. The molecule has 0 unspecified atom stereocenters. The molecule has 1 aromatic heterocycles. The van der Waals surface area contributed by atoms with Crippen molar-refractivity contribution in [2.24, 2.45) is 0 Å². The molecule has 0 aliphatic carbocycles. The summed E-state index contributed by atoms with van der Waals surface area (Å²) in [6.45, 7) is 3.53. The maximum atomic E-state index is 11.1. The van der Waals surface area contributed by atoms with Gasteiger partial charge in [-0.05, 0) is 37.5 Å². The molecule has 0 bridgehead atoms. The van der Waals surface area contributed by atoms with Gasteiger partial charge in [-0.15, -0.1) is 0 Å². The average Bonchev–Trinajstić information content (AvgIpc) is 2.62. The average molecular weight is 354 g/mol. The number of aryl methyl sites for hydroxylation is 1. The van der Waals surface area contributed by atoms with Gasteiger partial charge in [0.1, 0.15) is 12.1 Å². The number of piperidine rings is 1. The minimum atomic E-state index is -0.882. The van der Waals surface area contributed by atoms with Gasteiger partial charge in [0.15, 0.2) is 0 Å². The molecule has 25 heavy (non-hydrogen) atoms. The first kappa shape index (κ1) is 16.3. The van der Waals surface area contributed by atoms with E-state index in [0.717, 1.165) is 35.4 Å². The highest BCUT2D eigenvalue weighted by atomic mass is 35.5.